The zero-order valence-electron chi connectivity index (χ0n) is 16.3. The summed E-state index contributed by atoms with van der Waals surface area (Å²) in [5.74, 6) is -1.66. The molecule has 0 unspecified atom stereocenters. The first kappa shape index (κ1) is 20.0. The van der Waals surface area contributed by atoms with Crippen LogP contribution >= 0.6 is 0 Å². The van der Waals surface area contributed by atoms with E-state index in [0.29, 0.717) is 6.42 Å². The number of hydrogen-bond acceptors (Lipinski definition) is 3. The van der Waals surface area contributed by atoms with Crippen molar-refractivity contribution in [2.24, 2.45) is 11.1 Å². The topological polar surface area (TPSA) is 41.9 Å². The van der Waals surface area contributed by atoms with Gasteiger partial charge in [-0.15, -0.1) is 0 Å². The number of nitrogens with zero attached hydrogens (tertiary/aromatic N) is 2. The lowest BCUT2D eigenvalue weighted by Crippen LogP contribution is -2.39. The molecule has 0 N–H and O–H groups in total. The highest BCUT2D eigenvalue weighted by molar-refractivity contribution is 6.01. The number of halogens is 2. The Labute approximate surface area is 163 Å². The third-order valence-corrected chi connectivity index (χ3v) is 4.72. The highest BCUT2D eigenvalue weighted by atomic mass is 19.1. The molecule has 0 aliphatic carbocycles. The monoisotopic (exact) mass is 386 g/mol. The second-order valence-electron chi connectivity index (χ2n) is 7.44. The van der Waals surface area contributed by atoms with E-state index in [1.807, 2.05) is 31.2 Å². The number of carbonyl (C=O) groups is 1. The number of amides is 1. The Bertz CT molecular complexity index is 879. The van der Waals surface area contributed by atoms with Gasteiger partial charge in [0.25, 0.3) is 0 Å². The normalized spacial score (nSPS) is 16.1. The van der Waals surface area contributed by atoms with Crippen molar-refractivity contribution < 1.29 is 18.4 Å². The molecule has 0 saturated carbocycles. The van der Waals surface area contributed by atoms with E-state index < -0.39 is 11.6 Å². The fourth-order valence-corrected chi connectivity index (χ4v) is 3.14. The molecular weight excluding hydrogens is 362 g/mol. The summed E-state index contributed by atoms with van der Waals surface area (Å²) in [6, 6.07) is 11.4. The van der Waals surface area contributed by atoms with Gasteiger partial charge in [-0.25, -0.2) is 8.78 Å². The first-order chi connectivity index (χ1) is 13.3. The minimum Gasteiger partial charge on any atom is -0.390 e. The summed E-state index contributed by atoms with van der Waals surface area (Å²) >= 11 is 0. The van der Waals surface area contributed by atoms with Gasteiger partial charge >= 0.3 is 0 Å². The Hall–Kier alpha value is -2.76. The van der Waals surface area contributed by atoms with Gasteiger partial charge in [0.05, 0.1) is 12.3 Å². The molecule has 0 saturated heterocycles. The van der Waals surface area contributed by atoms with Crippen LogP contribution in [0, 0.1) is 24.5 Å². The minimum atomic E-state index is -0.662. The van der Waals surface area contributed by atoms with Crippen molar-refractivity contribution in [3.05, 3.63) is 70.8 Å². The quantitative estimate of drug-likeness (QED) is 0.736. The SMILES string of the molecule is Cc1ccc(C2=NO[C@H](CN(Cc3ccc(F)cc3F)C(=O)C(C)C)C2)cc1. The molecule has 148 valence electrons. The van der Waals surface area contributed by atoms with Gasteiger partial charge in [-0.2, -0.15) is 0 Å². The predicted octanol–water partition coefficient (Wildman–Crippen LogP) is 4.45. The summed E-state index contributed by atoms with van der Waals surface area (Å²) in [6.45, 7) is 5.94. The van der Waals surface area contributed by atoms with Gasteiger partial charge in [-0.3, -0.25) is 4.79 Å². The zero-order chi connectivity index (χ0) is 20.3. The van der Waals surface area contributed by atoms with Gasteiger partial charge in [0, 0.05) is 30.5 Å². The van der Waals surface area contributed by atoms with E-state index in [0.717, 1.165) is 22.9 Å². The van der Waals surface area contributed by atoms with Crippen molar-refractivity contribution in [1.29, 1.82) is 0 Å². The van der Waals surface area contributed by atoms with Crippen LogP contribution in [0.4, 0.5) is 8.78 Å². The first-order valence-corrected chi connectivity index (χ1v) is 9.36. The Morgan fingerprint density at radius 1 is 1.21 bits per heavy atom. The van der Waals surface area contributed by atoms with E-state index >= 15 is 0 Å². The summed E-state index contributed by atoms with van der Waals surface area (Å²) in [6.07, 6.45) is 0.263. The van der Waals surface area contributed by atoms with Gasteiger partial charge in [-0.05, 0) is 18.6 Å². The van der Waals surface area contributed by atoms with Crippen molar-refractivity contribution >= 4 is 11.6 Å². The van der Waals surface area contributed by atoms with E-state index in [-0.39, 0.29) is 36.6 Å². The number of oxime groups is 1. The minimum absolute atomic E-state index is 0.0584. The molecule has 6 heteroatoms. The van der Waals surface area contributed by atoms with E-state index in [1.165, 1.54) is 12.1 Å². The molecule has 1 aliphatic rings. The summed E-state index contributed by atoms with van der Waals surface area (Å²) in [5.41, 5.74) is 3.25. The van der Waals surface area contributed by atoms with Gasteiger partial charge < -0.3 is 9.74 Å². The molecule has 0 fully saturated rings. The number of hydrogen-bond donors (Lipinski definition) is 0. The zero-order valence-corrected chi connectivity index (χ0v) is 16.3. The summed E-state index contributed by atoms with van der Waals surface area (Å²) in [7, 11) is 0. The lowest BCUT2D eigenvalue weighted by Gasteiger charge is -2.26. The number of rotatable bonds is 6. The maximum absolute atomic E-state index is 14.1. The van der Waals surface area contributed by atoms with E-state index in [4.69, 9.17) is 4.84 Å². The lowest BCUT2D eigenvalue weighted by molar-refractivity contribution is -0.137. The van der Waals surface area contributed by atoms with Gasteiger partial charge in [0.2, 0.25) is 5.91 Å². The standard InChI is InChI=1S/C22H24F2N2O2/c1-14(2)22(27)26(12-17-8-9-18(23)10-20(17)24)13-19-11-21(25-28-19)16-6-4-15(3)5-7-16/h4-10,14,19H,11-13H2,1-3H3/t19-/m0/s1. The van der Waals surface area contributed by atoms with E-state index in [9.17, 15) is 13.6 Å². The third-order valence-electron chi connectivity index (χ3n) is 4.72. The Kier molecular flexibility index (Phi) is 6.07. The summed E-state index contributed by atoms with van der Waals surface area (Å²) in [5, 5.41) is 4.17. The highest BCUT2D eigenvalue weighted by Gasteiger charge is 2.28. The molecule has 0 radical (unpaired) electrons. The maximum Gasteiger partial charge on any atom is 0.225 e. The summed E-state index contributed by atoms with van der Waals surface area (Å²) < 4.78 is 27.2. The molecule has 1 heterocycles. The van der Waals surface area contributed by atoms with E-state index in [1.54, 1.807) is 18.7 Å². The van der Waals surface area contributed by atoms with Gasteiger partial charge in [0.15, 0.2) is 6.10 Å². The molecule has 4 nitrogen and oxygen atoms in total. The molecule has 1 aliphatic heterocycles. The maximum atomic E-state index is 14.1. The summed E-state index contributed by atoms with van der Waals surface area (Å²) in [4.78, 5) is 19.7. The molecule has 0 aromatic heterocycles. The molecule has 2 aromatic carbocycles. The molecule has 0 spiro atoms. The van der Waals surface area contributed by atoms with Crippen LogP contribution in [0.25, 0.3) is 0 Å². The molecule has 1 amide bonds. The number of carbonyl (C=O) groups excluding carboxylic acids is 1. The fourth-order valence-electron chi connectivity index (χ4n) is 3.14. The lowest BCUT2D eigenvalue weighted by atomic mass is 10.0. The number of aryl methyl sites for hydroxylation is 1. The van der Waals surface area contributed by atoms with E-state index in [2.05, 4.69) is 5.16 Å². The molecule has 28 heavy (non-hydrogen) atoms. The van der Waals surface area contributed by atoms with Crippen LogP contribution in [-0.2, 0) is 16.2 Å². The van der Waals surface area contributed by atoms with Crippen LogP contribution in [0.2, 0.25) is 0 Å². The van der Waals surface area contributed by atoms with Crippen molar-refractivity contribution in [1.82, 2.24) is 4.90 Å². The number of benzene rings is 2. The van der Waals surface area contributed by atoms with Gasteiger partial charge in [0.1, 0.15) is 11.6 Å². The average Bonchev–Trinajstić information content (AvgIpc) is 3.11. The van der Waals surface area contributed by atoms with Crippen molar-refractivity contribution in [2.45, 2.75) is 39.8 Å². The van der Waals surface area contributed by atoms with Crippen molar-refractivity contribution in [3.8, 4) is 0 Å². The predicted molar refractivity (Wildman–Crippen MR) is 104 cm³/mol. The van der Waals surface area contributed by atoms with Crippen LogP contribution in [0.15, 0.2) is 47.6 Å². The average molecular weight is 386 g/mol. The first-order valence-electron chi connectivity index (χ1n) is 9.36. The fraction of sp³-hybridized carbons (Fsp3) is 0.364. The van der Waals surface area contributed by atoms with Gasteiger partial charge in [-0.1, -0.05) is 54.9 Å². The molecule has 3 rings (SSSR count). The van der Waals surface area contributed by atoms with Crippen LogP contribution in [0.5, 0.6) is 0 Å². The molecular formula is C22H24F2N2O2. The van der Waals surface area contributed by atoms with Crippen molar-refractivity contribution in [3.63, 3.8) is 0 Å². The third kappa shape index (κ3) is 4.74. The Morgan fingerprint density at radius 3 is 2.57 bits per heavy atom. The molecule has 1 atom stereocenters. The second-order valence-corrected chi connectivity index (χ2v) is 7.44. The largest absolute Gasteiger partial charge is 0.390 e. The van der Waals surface area contributed by atoms with Crippen LogP contribution in [-0.4, -0.2) is 29.2 Å². The van der Waals surface area contributed by atoms with Crippen LogP contribution in [0.1, 0.15) is 37.0 Å². The highest BCUT2D eigenvalue weighted by Crippen LogP contribution is 2.21. The molecule has 0 bridgehead atoms. The molecule has 2 aromatic rings. The smallest absolute Gasteiger partial charge is 0.225 e. The van der Waals surface area contributed by atoms with Crippen LogP contribution in [0.3, 0.4) is 0 Å². The van der Waals surface area contributed by atoms with Crippen molar-refractivity contribution in [2.75, 3.05) is 6.54 Å². The Morgan fingerprint density at radius 2 is 1.93 bits per heavy atom. The van der Waals surface area contributed by atoms with Crippen LogP contribution < -0.4 is 0 Å². The second kappa shape index (κ2) is 8.50. The Balaban J connectivity index is 1.70.